The van der Waals surface area contributed by atoms with Crippen LogP contribution >= 0.6 is 11.9 Å². The van der Waals surface area contributed by atoms with Gasteiger partial charge in [0.25, 0.3) is 0 Å². The molecule has 148 valence electrons. The predicted molar refractivity (Wildman–Crippen MR) is 132 cm³/mol. The zero-order valence-corrected chi connectivity index (χ0v) is 18.4. The Morgan fingerprint density at radius 1 is 0.600 bits per heavy atom. The molecule has 0 radical (unpaired) electrons. The number of fused-ring (bicyclic) bond motifs is 3. The van der Waals surface area contributed by atoms with Crippen LogP contribution in [0.3, 0.4) is 0 Å². The molecule has 1 aliphatic carbocycles. The molecule has 0 amide bonds. The summed E-state index contributed by atoms with van der Waals surface area (Å²) in [6.45, 7) is 4.67. The minimum atomic E-state index is 0.0326. The van der Waals surface area contributed by atoms with Gasteiger partial charge in [-0.3, -0.25) is 4.31 Å². The molecular weight excluding hydrogens is 382 g/mol. The maximum absolute atomic E-state index is 2.38. The molecule has 0 aliphatic heterocycles. The first-order valence-electron chi connectivity index (χ1n) is 10.3. The fraction of sp³-hybridized carbons (Fsp3) is 0.143. The summed E-state index contributed by atoms with van der Waals surface area (Å²) in [6, 6.07) is 35.1. The highest BCUT2D eigenvalue weighted by atomic mass is 32.2. The lowest BCUT2D eigenvalue weighted by Gasteiger charge is -2.23. The van der Waals surface area contributed by atoms with E-state index in [0.29, 0.717) is 0 Å². The third-order valence-electron chi connectivity index (χ3n) is 6.19. The Morgan fingerprint density at radius 2 is 1.20 bits per heavy atom. The lowest BCUT2D eigenvalue weighted by Crippen LogP contribution is -2.14. The van der Waals surface area contributed by atoms with Crippen molar-refractivity contribution in [2.75, 3.05) is 10.6 Å². The van der Waals surface area contributed by atoms with E-state index in [-0.39, 0.29) is 5.41 Å². The molecule has 2 heteroatoms. The molecule has 0 unspecified atom stereocenters. The third kappa shape index (κ3) is 3.03. The van der Waals surface area contributed by atoms with E-state index in [9.17, 15) is 0 Å². The number of hydrogen-bond acceptors (Lipinski definition) is 2. The Morgan fingerprint density at radius 3 is 1.93 bits per heavy atom. The minimum Gasteiger partial charge on any atom is -0.285 e. The lowest BCUT2D eigenvalue weighted by atomic mass is 9.81. The molecule has 0 heterocycles. The SMILES string of the molecule is CSN(c1ccccc1)c1ccc(-c2ccc3c(c2)C(C)(C)c2ccccc2-3)cc1. The van der Waals surface area contributed by atoms with E-state index in [4.69, 9.17) is 0 Å². The highest BCUT2D eigenvalue weighted by Crippen LogP contribution is 2.49. The van der Waals surface area contributed by atoms with Crippen LogP contribution in [0.25, 0.3) is 22.3 Å². The highest BCUT2D eigenvalue weighted by molar-refractivity contribution is 8.00. The number of nitrogens with zero attached hydrogens (tertiary/aromatic N) is 1. The number of benzene rings is 4. The molecule has 1 aliphatic rings. The second-order valence-corrected chi connectivity index (χ2v) is 9.02. The fourth-order valence-corrected chi connectivity index (χ4v) is 5.26. The predicted octanol–water partition coefficient (Wildman–Crippen LogP) is 8.08. The van der Waals surface area contributed by atoms with Crippen LogP contribution < -0.4 is 4.31 Å². The molecule has 0 atom stereocenters. The number of anilines is 2. The summed E-state index contributed by atoms with van der Waals surface area (Å²) in [5, 5.41) is 0. The molecule has 0 saturated carbocycles. The van der Waals surface area contributed by atoms with Crippen molar-refractivity contribution in [3.05, 3.63) is 108 Å². The Balaban J connectivity index is 1.50. The van der Waals surface area contributed by atoms with E-state index in [1.54, 1.807) is 11.9 Å². The molecule has 0 fully saturated rings. The Labute approximate surface area is 183 Å². The van der Waals surface area contributed by atoms with E-state index in [1.807, 2.05) is 0 Å². The summed E-state index contributed by atoms with van der Waals surface area (Å²) < 4.78 is 2.26. The van der Waals surface area contributed by atoms with Crippen LogP contribution in [0.1, 0.15) is 25.0 Å². The number of hydrogen-bond donors (Lipinski definition) is 0. The monoisotopic (exact) mass is 407 g/mol. The Kier molecular flexibility index (Phi) is 4.67. The Bertz CT molecular complexity index is 1190. The van der Waals surface area contributed by atoms with Gasteiger partial charge < -0.3 is 0 Å². The normalized spacial score (nSPS) is 13.6. The van der Waals surface area contributed by atoms with Gasteiger partial charge in [-0.25, -0.2) is 0 Å². The van der Waals surface area contributed by atoms with Crippen LogP contribution in [-0.4, -0.2) is 6.26 Å². The zero-order chi connectivity index (χ0) is 20.7. The van der Waals surface area contributed by atoms with Gasteiger partial charge in [0.15, 0.2) is 0 Å². The molecular formula is C28H25NS. The molecule has 0 bridgehead atoms. The molecule has 5 rings (SSSR count). The largest absolute Gasteiger partial charge is 0.285 e. The smallest absolute Gasteiger partial charge is 0.0525 e. The van der Waals surface area contributed by atoms with Crippen molar-refractivity contribution in [2.24, 2.45) is 0 Å². The van der Waals surface area contributed by atoms with E-state index >= 15 is 0 Å². The summed E-state index contributed by atoms with van der Waals surface area (Å²) in [6.07, 6.45) is 2.11. The maximum Gasteiger partial charge on any atom is 0.0525 e. The summed E-state index contributed by atoms with van der Waals surface area (Å²) in [5.74, 6) is 0. The molecule has 30 heavy (non-hydrogen) atoms. The van der Waals surface area contributed by atoms with Crippen LogP contribution in [0.15, 0.2) is 97.1 Å². The quantitative estimate of drug-likeness (QED) is 0.315. The second kappa shape index (κ2) is 7.37. The van der Waals surface area contributed by atoms with Crippen molar-refractivity contribution in [1.29, 1.82) is 0 Å². The maximum atomic E-state index is 2.38. The average Bonchev–Trinajstić information content (AvgIpc) is 3.02. The minimum absolute atomic E-state index is 0.0326. The molecule has 0 N–H and O–H groups in total. The molecule has 0 spiro atoms. The van der Waals surface area contributed by atoms with Crippen LogP contribution in [0, 0.1) is 0 Å². The summed E-state index contributed by atoms with van der Waals surface area (Å²) in [7, 11) is 0. The molecule has 1 nitrogen and oxygen atoms in total. The molecule has 0 saturated heterocycles. The van der Waals surface area contributed by atoms with Gasteiger partial charge in [0.05, 0.1) is 11.4 Å². The van der Waals surface area contributed by atoms with Gasteiger partial charge in [-0.1, -0.05) is 80.6 Å². The van der Waals surface area contributed by atoms with Crippen molar-refractivity contribution in [3.63, 3.8) is 0 Å². The standard InChI is InChI=1S/C28H25NS/c1-28(2)26-12-8-7-11-24(26)25-18-15-21(19-27(25)28)20-13-16-23(17-14-20)29(30-3)22-9-5-4-6-10-22/h4-19H,1-3H3. The third-order valence-corrected chi connectivity index (χ3v) is 6.98. The van der Waals surface area contributed by atoms with Crippen LogP contribution in [0.2, 0.25) is 0 Å². The van der Waals surface area contributed by atoms with Crippen molar-refractivity contribution in [3.8, 4) is 22.3 Å². The lowest BCUT2D eigenvalue weighted by molar-refractivity contribution is 0.660. The first-order valence-corrected chi connectivity index (χ1v) is 11.5. The first-order chi connectivity index (χ1) is 14.6. The topological polar surface area (TPSA) is 3.24 Å². The van der Waals surface area contributed by atoms with E-state index in [1.165, 1.54) is 44.8 Å². The molecule has 0 aromatic heterocycles. The van der Waals surface area contributed by atoms with Gasteiger partial charge in [0.2, 0.25) is 0 Å². The first kappa shape index (κ1) is 19.0. The highest BCUT2D eigenvalue weighted by Gasteiger charge is 2.35. The van der Waals surface area contributed by atoms with Crippen molar-refractivity contribution in [1.82, 2.24) is 0 Å². The second-order valence-electron chi connectivity index (χ2n) is 8.29. The summed E-state index contributed by atoms with van der Waals surface area (Å²) in [5.41, 5.74) is 10.5. The molecule has 4 aromatic rings. The van der Waals surface area contributed by atoms with Gasteiger partial charge in [-0.05, 0) is 75.7 Å². The van der Waals surface area contributed by atoms with Gasteiger partial charge in [-0.15, -0.1) is 0 Å². The van der Waals surface area contributed by atoms with Crippen molar-refractivity contribution in [2.45, 2.75) is 19.3 Å². The van der Waals surface area contributed by atoms with E-state index in [0.717, 1.165) is 0 Å². The summed E-state index contributed by atoms with van der Waals surface area (Å²) >= 11 is 1.72. The Hall–Kier alpha value is -2.97. The van der Waals surface area contributed by atoms with E-state index in [2.05, 4.69) is 121 Å². The van der Waals surface area contributed by atoms with Crippen LogP contribution in [-0.2, 0) is 5.41 Å². The van der Waals surface area contributed by atoms with Gasteiger partial charge in [0, 0.05) is 11.7 Å². The fourth-order valence-electron chi connectivity index (χ4n) is 4.60. The van der Waals surface area contributed by atoms with Crippen LogP contribution in [0.4, 0.5) is 11.4 Å². The van der Waals surface area contributed by atoms with Crippen molar-refractivity contribution < 1.29 is 0 Å². The average molecular weight is 408 g/mol. The van der Waals surface area contributed by atoms with Gasteiger partial charge in [0.1, 0.15) is 0 Å². The number of rotatable bonds is 4. The van der Waals surface area contributed by atoms with Gasteiger partial charge >= 0.3 is 0 Å². The van der Waals surface area contributed by atoms with E-state index < -0.39 is 0 Å². The number of para-hydroxylation sites is 1. The summed E-state index contributed by atoms with van der Waals surface area (Å²) in [4.78, 5) is 0. The van der Waals surface area contributed by atoms with Gasteiger partial charge in [-0.2, -0.15) is 0 Å². The van der Waals surface area contributed by atoms with Crippen LogP contribution in [0.5, 0.6) is 0 Å². The van der Waals surface area contributed by atoms with Crippen molar-refractivity contribution >= 4 is 23.3 Å². The molecule has 4 aromatic carbocycles. The zero-order valence-electron chi connectivity index (χ0n) is 17.6.